The molecule has 0 radical (unpaired) electrons. The van der Waals surface area contributed by atoms with Crippen LogP contribution in [0.5, 0.6) is 5.75 Å². The Balaban J connectivity index is 1.66. The summed E-state index contributed by atoms with van der Waals surface area (Å²) in [5.41, 5.74) is 1.12. The SMILES string of the molecule is COCC(C)Oc1ccc(CN(C(=O)C=Cc2cccs2)C2CCCC2)cc1. The lowest BCUT2D eigenvalue weighted by atomic mass is 10.1. The Morgan fingerprint density at radius 1 is 1.25 bits per heavy atom. The minimum atomic E-state index is 0.00908. The van der Waals surface area contributed by atoms with Gasteiger partial charge in [-0.05, 0) is 55.0 Å². The number of amides is 1. The molecule has 1 aliphatic rings. The van der Waals surface area contributed by atoms with Crippen LogP contribution >= 0.6 is 11.3 Å². The van der Waals surface area contributed by atoms with E-state index < -0.39 is 0 Å². The Hall–Kier alpha value is -2.11. The second kappa shape index (κ2) is 10.4. The highest BCUT2D eigenvalue weighted by Gasteiger charge is 2.25. The lowest BCUT2D eigenvalue weighted by Crippen LogP contribution is -2.37. The van der Waals surface area contributed by atoms with Crippen molar-refractivity contribution in [3.63, 3.8) is 0 Å². The van der Waals surface area contributed by atoms with Crippen molar-refractivity contribution < 1.29 is 14.3 Å². The molecule has 0 bridgehead atoms. The predicted octanol–water partition coefficient (Wildman–Crippen LogP) is 5.15. The van der Waals surface area contributed by atoms with Crippen molar-refractivity contribution in [1.29, 1.82) is 0 Å². The molecule has 1 heterocycles. The number of hydrogen-bond donors (Lipinski definition) is 0. The van der Waals surface area contributed by atoms with Crippen LogP contribution < -0.4 is 4.74 Å². The first-order chi connectivity index (χ1) is 13.7. The van der Waals surface area contributed by atoms with E-state index in [1.165, 1.54) is 12.8 Å². The molecule has 1 atom stereocenters. The van der Waals surface area contributed by atoms with Gasteiger partial charge in [-0.15, -0.1) is 11.3 Å². The lowest BCUT2D eigenvalue weighted by molar-refractivity contribution is -0.128. The van der Waals surface area contributed by atoms with Crippen LogP contribution in [0.15, 0.2) is 47.9 Å². The quantitative estimate of drug-likeness (QED) is 0.548. The Morgan fingerprint density at radius 3 is 2.64 bits per heavy atom. The van der Waals surface area contributed by atoms with Crippen molar-refractivity contribution in [2.24, 2.45) is 0 Å². The van der Waals surface area contributed by atoms with Crippen LogP contribution in [-0.2, 0) is 16.1 Å². The molecular formula is C23H29NO3S. The van der Waals surface area contributed by atoms with Crippen molar-refractivity contribution in [2.45, 2.75) is 51.3 Å². The van der Waals surface area contributed by atoms with E-state index in [2.05, 4.69) is 0 Å². The first-order valence-electron chi connectivity index (χ1n) is 9.92. The van der Waals surface area contributed by atoms with Gasteiger partial charge in [0.2, 0.25) is 5.91 Å². The minimum absolute atomic E-state index is 0.00908. The second-order valence-electron chi connectivity index (χ2n) is 7.28. The molecule has 1 fully saturated rings. The summed E-state index contributed by atoms with van der Waals surface area (Å²) in [6.45, 7) is 3.17. The van der Waals surface area contributed by atoms with Gasteiger partial charge < -0.3 is 14.4 Å². The number of carbonyl (C=O) groups is 1. The van der Waals surface area contributed by atoms with Crippen LogP contribution in [0.3, 0.4) is 0 Å². The number of hydrogen-bond acceptors (Lipinski definition) is 4. The maximum Gasteiger partial charge on any atom is 0.247 e. The molecule has 5 heteroatoms. The standard InChI is InChI=1S/C23H29NO3S/c1-18(17-26-2)27-21-11-9-19(10-12-21)16-24(20-6-3-4-7-20)23(25)14-13-22-8-5-15-28-22/h5,8-15,18,20H,3-4,6-7,16-17H2,1-2H3. The fraction of sp³-hybridized carbons (Fsp3) is 0.435. The van der Waals surface area contributed by atoms with Crippen LogP contribution in [0.2, 0.25) is 0 Å². The van der Waals surface area contributed by atoms with Crippen LogP contribution in [0.25, 0.3) is 6.08 Å². The first kappa shape index (κ1) is 20.6. The zero-order chi connectivity index (χ0) is 19.8. The molecule has 1 aromatic carbocycles. The second-order valence-corrected chi connectivity index (χ2v) is 8.26. The zero-order valence-corrected chi connectivity index (χ0v) is 17.5. The third-order valence-electron chi connectivity index (χ3n) is 5.00. The Labute approximate surface area is 171 Å². The highest BCUT2D eigenvalue weighted by molar-refractivity contribution is 7.10. The highest BCUT2D eigenvalue weighted by atomic mass is 32.1. The van der Waals surface area contributed by atoms with Gasteiger partial charge in [0, 0.05) is 30.6 Å². The number of carbonyl (C=O) groups excluding carboxylic acids is 1. The third-order valence-corrected chi connectivity index (χ3v) is 5.83. The molecule has 1 aromatic heterocycles. The molecule has 0 N–H and O–H groups in total. The topological polar surface area (TPSA) is 38.8 Å². The van der Waals surface area contributed by atoms with Crippen molar-refractivity contribution in [1.82, 2.24) is 4.90 Å². The van der Waals surface area contributed by atoms with Gasteiger partial charge in [-0.3, -0.25) is 4.79 Å². The van der Waals surface area contributed by atoms with Gasteiger partial charge in [0.25, 0.3) is 0 Å². The summed E-state index contributed by atoms with van der Waals surface area (Å²) in [6.07, 6.45) is 8.23. The van der Waals surface area contributed by atoms with Gasteiger partial charge in [-0.1, -0.05) is 31.0 Å². The smallest absolute Gasteiger partial charge is 0.247 e. The molecule has 2 aromatic rings. The van der Waals surface area contributed by atoms with E-state index in [1.807, 2.05) is 59.7 Å². The first-order valence-corrected chi connectivity index (χ1v) is 10.8. The van der Waals surface area contributed by atoms with E-state index in [0.29, 0.717) is 19.2 Å². The number of nitrogens with zero attached hydrogens (tertiary/aromatic N) is 1. The van der Waals surface area contributed by atoms with E-state index in [9.17, 15) is 4.79 Å². The van der Waals surface area contributed by atoms with Crippen molar-refractivity contribution in [2.75, 3.05) is 13.7 Å². The van der Waals surface area contributed by atoms with Gasteiger partial charge in [0.05, 0.1) is 6.61 Å². The predicted molar refractivity (Wildman–Crippen MR) is 115 cm³/mol. The molecule has 4 nitrogen and oxygen atoms in total. The largest absolute Gasteiger partial charge is 0.488 e. The van der Waals surface area contributed by atoms with Crippen molar-refractivity contribution in [3.05, 3.63) is 58.3 Å². The van der Waals surface area contributed by atoms with Crippen LogP contribution in [-0.4, -0.2) is 36.7 Å². The Kier molecular flexibility index (Phi) is 7.69. The van der Waals surface area contributed by atoms with Crippen LogP contribution in [0.4, 0.5) is 0 Å². The Bertz CT molecular complexity index is 749. The number of thiophene rings is 1. The van der Waals surface area contributed by atoms with E-state index in [4.69, 9.17) is 9.47 Å². The van der Waals surface area contributed by atoms with Crippen LogP contribution in [0.1, 0.15) is 43.0 Å². The highest BCUT2D eigenvalue weighted by Crippen LogP contribution is 2.26. The number of methoxy groups -OCH3 is 1. The maximum absolute atomic E-state index is 12.9. The fourth-order valence-electron chi connectivity index (χ4n) is 3.61. The molecule has 0 spiro atoms. The number of benzene rings is 1. The van der Waals surface area contributed by atoms with E-state index in [-0.39, 0.29) is 12.0 Å². The van der Waals surface area contributed by atoms with Gasteiger partial charge in [-0.25, -0.2) is 0 Å². The van der Waals surface area contributed by atoms with Gasteiger partial charge in [0.15, 0.2) is 0 Å². The van der Waals surface area contributed by atoms with E-state index in [0.717, 1.165) is 29.0 Å². The molecule has 0 saturated heterocycles. The van der Waals surface area contributed by atoms with Gasteiger partial charge in [-0.2, -0.15) is 0 Å². The Morgan fingerprint density at radius 2 is 2.00 bits per heavy atom. The number of ether oxygens (including phenoxy) is 2. The summed E-state index contributed by atoms with van der Waals surface area (Å²) in [5, 5.41) is 2.02. The summed E-state index contributed by atoms with van der Waals surface area (Å²) < 4.78 is 10.9. The molecule has 1 saturated carbocycles. The molecule has 1 amide bonds. The fourth-order valence-corrected chi connectivity index (χ4v) is 4.23. The number of rotatable bonds is 9. The minimum Gasteiger partial charge on any atom is -0.488 e. The molecule has 28 heavy (non-hydrogen) atoms. The monoisotopic (exact) mass is 399 g/mol. The maximum atomic E-state index is 12.9. The van der Waals surface area contributed by atoms with Crippen LogP contribution in [0, 0.1) is 0 Å². The van der Waals surface area contributed by atoms with Gasteiger partial charge in [0.1, 0.15) is 11.9 Å². The van der Waals surface area contributed by atoms with Gasteiger partial charge >= 0.3 is 0 Å². The zero-order valence-electron chi connectivity index (χ0n) is 16.7. The van der Waals surface area contributed by atoms with E-state index >= 15 is 0 Å². The summed E-state index contributed by atoms with van der Waals surface area (Å²) >= 11 is 1.64. The lowest BCUT2D eigenvalue weighted by Gasteiger charge is -2.28. The third kappa shape index (κ3) is 5.94. The molecule has 150 valence electrons. The normalized spacial score (nSPS) is 15.8. The van der Waals surface area contributed by atoms with Crippen molar-refractivity contribution >= 4 is 23.3 Å². The molecule has 1 aliphatic carbocycles. The molecular weight excluding hydrogens is 370 g/mol. The summed E-state index contributed by atoms with van der Waals surface area (Å²) in [5.74, 6) is 0.916. The molecule has 1 unspecified atom stereocenters. The summed E-state index contributed by atoms with van der Waals surface area (Å²) in [6, 6.07) is 12.4. The van der Waals surface area contributed by atoms with E-state index in [1.54, 1.807) is 24.5 Å². The molecule has 3 rings (SSSR count). The summed E-state index contributed by atoms with van der Waals surface area (Å²) in [7, 11) is 1.67. The summed E-state index contributed by atoms with van der Waals surface area (Å²) in [4.78, 5) is 16.1. The van der Waals surface area contributed by atoms with Crippen molar-refractivity contribution in [3.8, 4) is 5.75 Å². The average Bonchev–Trinajstić information content (AvgIpc) is 3.39. The molecule has 0 aliphatic heterocycles. The average molecular weight is 400 g/mol.